The van der Waals surface area contributed by atoms with Crippen LogP contribution in [0.15, 0.2) is 21.3 Å². The molecule has 0 radical (unpaired) electrons. The van der Waals surface area contributed by atoms with Gasteiger partial charge in [0.15, 0.2) is 9.50 Å². The van der Waals surface area contributed by atoms with Gasteiger partial charge in [-0.1, -0.05) is 11.6 Å². The first-order valence-corrected chi connectivity index (χ1v) is 5.28. The number of hydrazone groups is 1. The van der Waals surface area contributed by atoms with Crippen LogP contribution < -0.4 is 0 Å². The lowest BCUT2D eigenvalue weighted by molar-refractivity contribution is -0.485. The summed E-state index contributed by atoms with van der Waals surface area (Å²) in [5, 5.41) is 12.2. The highest BCUT2D eigenvalue weighted by Gasteiger charge is 2.12. The maximum absolute atomic E-state index is 10.1. The topological polar surface area (TPSA) is 93.1 Å². The maximum atomic E-state index is 10.1. The van der Waals surface area contributed by atoms with Gasteiger partial charge in [-0.25, -0.2) is 25.1 Å². The monoisotopic (exact) mass is 257 g/mol. The van der Waals surface area contributed by atoms with E-state index in [9.17, 15) is 10.1 Å². The lowest BCUT2D eigenvalue weighted by atomic mass is 10.3. The second-order valence-corrected chi connectivity index (χ2v) is 4.45. The van der Waals surface area contributed by atoms with Crippen molar-refractivity contribution in [3.05, 3.63) is 25.7 Å². The Hall–Kier alpha value is -1.67. The lowest BCUT2D eigenvalue weighted by Crippen LogP contribution is -2.00. The molecule has 1 aliphatic heterocycles. The molecule has 0 atom stereocenters. The molecule has 1 aromatic heterocycles. The average molecular weight is 258 g/mol. The molecule has 1 aliphatic rings. The van der Waals surface area contributed by atoms with Gasteiger partial charge in [-0.3, -0.25) is 0 Å². The summed E-state index contributed by atoms with van der Waals surface area (Å²) >= 11 is 6.99. The molecule has 0 unspecified atom stereocenters. The van der Waals surface area contributed by atoms with Gasteiger partial charge in [0.2, 0.25) is 0 Å². The quantitative estimate of drug-likeness (QED) is 0.605. The van der Waals surface area contributed by atoms with Crippen molar-refractivity contribution in [2.75, 3.05) is 0 Å². The Balaban J connectivity index is 2.09. The van der Waals surface area contributed by atoms with Crippen LogP contribution in [0.5, 0.6) is 0 Å². The summed E-state index contributed by atoms with van der Waals surface area (Å²) in [4.78, 5) is 22.4. The van der Waals surface area contributed by atoms with Crippen molar-refractivity contribution in [1.82, 2.24) is 4.98 Å². The first kappa shape index (κ1) is 10.8. The van der Waals surface area contributed by atoms with E-state index in [4.69, 9.17) is 11.6 Å². The zero-order chi connectivity index (χ0) is 11.5. The largest absolute Gasteiger partial charge is 0.321 e. The van der Waals surface area contributed by atoms with Gasteiger partial charge < -0.3 is 0 Å². The Morgan fingerprint density at radius 2 is 2.44 bits per heavy atom. The summed E-state index contributed by atoms with van der Waals surface area (Å²) in [6.07, 6.45) is 3.56. The van der Waals surface area contributed by atoms with Gasteiger partial charge in [-0.2, -0.15) is 0 Å². The van der Waals surface area contributed by atoms with E-state index in [1.165, 1.54) is 17.6 Å². The number of aliphatic imine (C=N–C) groups is 2. The van der Waals surface area contributed by atoms with Crippen molar-refractivity contribution in [2.45, 2.75) is 6.42 Å². The van der Waals surface area contributed by atoms with Crippen molar-refractivity contribution in [1.29, 1.82) is 0 Å². The van der Waals surface area contributed by atoms with Gasteiger partial charge in [-0.15, -0.1) is 11.3 Å². The predicted octanol–water partition coefficient (Wildman–Crippen LogP) is 1.41. The van der Waals surface area contributed by atoms with Gasteiger partial charge in [0, 0.05) is 17.5 Å². The van der Waals surface area contributed by atoms with Gasteiger partial charge in [-0.05, 0) is 0 Å². The van der Waals surface area contributed by atoms with E-state index in [-0.39, 0.29) is 5.96 Å². The Labute approximate surface area is 98.4 Å². The van der Waals surface area contributed by atoms with Crippen LogP contribution in [0.25, 0.3) is 0 Å². The number of rotatable bonds is 3. The molecule has 0 saturated carbocycles. The van der Waals surface area contributed by atoms with Crippen LogP contribution in [0.4, 0.5) is 0 Å². The highest BCUT2D eigenvalue weighted by molar-refractivity contribution is 7.15. The fraction of sp³-hybridized carbons (Fsp3) is 0.143. The number of nitrogens with zero attached hydrogens (tertiary/aromatic N) is 5. The predicted molar refractivity (Wildman–Crippen MR) is 61.2 cm³/mol. The average Bonchev–Trinajstić information content (AvgIpc) is 2.76. The van der Waals surface area contributed by atoms with Gasteiger partial charge in [0.25, 0.3) is 0 Å². The van der Waals surface area contributed by atoms with Crippen molar-refractivity contribution >= 4 is 40.8 Å². The second-order valence-electron chi connectivity index (χ2n) is 2.76. The summed E-state index contributed by atoms with van der Waals surface area (Å²) < 4.78 is 0.449. The lowest BCUT2D eigenvalue weighted by Gasteiger charge is -1.89. The first-order chi connectivity index (χ1) is 7.63. The third-order valence-electron chi connectivity index (χ3n) is 1.62. The zero-order valence-electron chi connectivity index (χ0n) is 7.70. The molecule has 0 aromatic carbocycles. The fourth-order valence-corrected chi connectivity index (χ4v) is 2.06. The standard InChI is InChI=1S/C7H4ClN5O2S/c8-6-9-3-5(16-6)1-4-2-10-7(11-4)12-13(14)15/h2-3H,1H2. The SMILES string of the molecule is O=[N+]([O-])N=C1N=CC(Cc2cnc(Cl)s2)=N1. The summed E-state index contributed by atoms with van der Waals surface area (Å²) in [6, 6.07) is 0. The van der Waals surface area contributed by atoms with Crippen LogP contribution in [0, 0.1) is 10.1 Å². The van der Waals surface area contributed by atoms with E-state index in [0.717, 1.165) is 4.88 Å². The molecule has 2 rings (SSSR count). The molecule has 0 fully saturated rings. The minimum Gasteiger partial charge on any atom is -0.233 e. The van der Waals surface area contributed by atoms with E-state index < -0.39 is 5.03 Å². The Morgan fingerprint density at radius 3 is 3.06 bits per heavy atom. The molecule has 0 spiro atoms. The normalized spacial score (nSPS) is 16.8. The minimum absolute atomic E-state index is 0.143. The van der Waals surface area contributed by atoms with E-state index in [2.05, 4.69) is 20.1 Å². The third-order valence-corrected chi connectivity index (χ3v) is 2.74. The van der Waals surface area contributed by atoms with E-state index in [0.29, 0.717) is 16.6 Å². The Kier molecular flexibility index (Phi) is 3.02. The number of hydrogen-bond donors (Lipinski definition) is 0. The fourth-order valence-electron chi connectivity index (χ4n) is 1.07. The van der Waals surface area contributed by atoms with Crippen LogP contribution in [-0.2, 0) is 6.42 Å². The summed E-state index contributed by atoms with van der Waals surface area (Å²) in [5.41, 5.74) is 0.598. The van der Waals surface area contributed by atoms with Gasteiger partial charge in [0.1, 0.15) is 5.10 Å². The number of hydrogen-bond acceptors (Lipinski definition) is 4. The maximum Gasteiger partial charge on any atom is 0.321 e. The number of thiazole rings is 1. The van der Waals surface area contributed by atoms with Crippen molar-refractivity contribution in [3.63, 3.8) is 0 Å². The van der Waals surface area contributed by atoms with Crippen molar-refractivity contribution in [3.8, 4) is 0 Å². The van der Waals surface area contributed by atoms with Crippen LogP contribution >= 0.6 is 22.9 Å². The van der Waals surface area contributed by atoms with E-state index >= 15 is 0 Å². The Morgan fingerprint density at radius 1 is 1.62 bits per heavy atom. The molecule has 16 heavy (non-hydrogen) atoms. The van der Waals surface area contributed by atoms with Crippen LogP contribution in [0.3, 0.4) is 0 Å². The summed E-state index contributed by atoms with van der Waals surface area (Å²) in [5.74, 6) is -0.143. The van der Waals surface area contributed by atoms with Crippen LogP contribution in [0.2, 0.25) is 4.47 Å². The molecule has 2 heterocycles. The zero-order valence-corrected chi connectivity index (χ0v) is 9.27. The number of halogens is 1. The molecule has 0 aliphatic carbocycles. The van der Waals surface area contributed by atoms with Crippen LogP contribution in [0.1, 0.15) is 4.88 Å². The molecular weight excluding hydrogens is 254 g/mol. The van der Waals surface area contributed by atoms with Crippen molar-refractivity contribution < 1.29 is 5.03 Å². The molecule has 9 heteroatoms. The van der Waals surface area contributed by atoms with E-state index in [1.807, 2.05) is 0 Å². The summed E-state index contributed by atoms with van der Waals surface area (Å²) in [7, 11) is 0. The second kappa shape index (κ2) is 4.45. The molecular formula is C7H4ClN5O2S. The highest BCUT2D eigenvalue weighted by atomic mass is 35.5. The highest BCUT2D eigenvalue weighted by Crippen LogP contribution is 2.18. The Bertz CT molecular complexity index is 521. The number of nitro groups is 1. The molecule has 0 saturated heterocycles. The first-order valence-electron chi connectivity index (χ1n) is 4.08. The van der Waals surface area contributed by atoms with Crippen LogP contribution in [-0.4, -0.2) is 27.9 Å². The molecule has 1 aromatic rings. The molecule has 82 valence electrons. The molecule has 0 amide bonds. The number of aromatic nitrogens is 1. The smallest absolute Gasteiger partial charge is 0.233 e. The van der Waals surface area contributed by atoms with E-state index in [1.54, 1.807) is 6.20 Å². The molecule has 7 nitrogen and oxygen atoms in total. The van der Waals surface area contributed by atoms with Gasteiger partial charge in [0.05, 0.1) is 11.9 Å². The third kappa shape index (κ3) is 2.67. The van der Waals surface area contributed by atoms with Gasteiger partial charge >= 0.3 is 5.96 Å². The molecule has 0 bridgehead atoms. The summed E-state index contributed by atoms with van der Waals surface area (Å²) in [6.45, 7) is 0. The minimum atomic E-state index is -0.831. The molecule has 0 N–H and O–H groups in total. The van der Waals surface area contributed by atoms with Crippen molar-refractivity contribution in [2.24, 2.45) is 15.1 Å². The number of guanidine groups is 1.